The molecule has 0 aliphatic heterocycles. The van der Waals surface area contributed by atoms with Crippen molar-refractivity contribution in [2.75, 3.05) is 0 Å². The van der Waals surface area contributed by atoms with Gasteiger partial charge in [-0.05, 0) is 43.6 Å². The standard InChI is InChI=1S/C18H30N2O/c1-14(2)17-9-5-6-11-18(17,21)13-15-10-12-20(19-15)16-7-3-4-8-16/h10,12,14,16-17,21H,3-9,11,13H2,1-2H3. The van der Waals surface area contributed by atoms with Gasteiger partial charge in [0.05, 0.1) is 17.3 Å². The van der Waals surface area contributed by atoms with Gasteiger partial charge in [0.15, 0.2) is 0 Å². The third-order valence-electron chi connectivity index (χ3n) is 5.72. The fraction of sp³-hybridized carbons (Fsp3) is 0.833. The molecule has 1 N–H and O–H groups in total. The summed E-state index contributed by atoms with van der Waals surface area (Å²) >= 11 is 0. The minimum atomic E-state index is -0.540. The Morgan fingerprint density at radius 1 is 1.24 bits per heavy atom. The third-order valence-corrected chi connectivity index (χ3v) is 5.72. The van der Waals surface area contributed by atoms with Crippen LogP contribution in [0.15, 0.2) is 12.3 Å². The number of rotatable bonds is 4. The third kappa shape index (κ3) is 3.18. The molecular weight excluding hydrogens is 260 g/mol. The molecule has 0 bridgehead atoms. The summed E-state index contributed by atoms with van der Waals surface area (Å²) in [5, 5.41) is 16.0. The number of hydrogen-bond acceptors (Lipinski definition) is 2. The highest BCUT2D eigenvalue weighted by Gasteiger charge is 2.40. The first-order valence-electron chi connectivity index (χ1n) is 8.85. The second-order valence-corrected chi connectivity index (χ2v) is 7.60. The molecule has 0 spiro atoms. The van der Waals surface area contributed by atoms with Crippen molar-refractivity contribution in [1.29, 1.82) is 0 Å². The second-order valence-electron chi connectivity index (χ2n) is 7.60. The van der Waals surface area contributed by atoms with Crippen molar-refractivity contribution in [3.63, 3.8) is 0 Å². The average Bonchev–Trinajstić information content (AvgIpc) is 3.08. The van der Waals surface area contributed by atoms with Crippen molar-refractivity contribution in [1.82, 2.24) is 9.78 Å². The van der Waals surface area contributed by atoms with Gasteiger partial charge in [-0.25, -0.2) is 0 Å². The molecule has 3 nitrogen and oxygen atoms in total. The first-order chi connectivity index (χ1) is 10.1. The first kappa shape index (κ1) is 15.1. The van der Waals surface area contributed by atoms with Gasteiger partial charge in [-0.3, -0.25) is 4.68 Å². The number of hydrogen-bond donors (Lipinski definition) is 1. The average molecular weight is 290 g/mol. The lowest BCUT2D eigenvalue weighted by Crippen LogP contribution is -2.45. The lowest BCUT2D eigenvalue weighted by molar-refractivity contribution is -0.0660. The Morgan fingerprint density at radius 3 is 2.67 bits per heavy atom. The van der Waals surface area contributed by atoms with Crippen LogP contribution in [0.25, 0.3) is 0 Å². The Kier molecular flexibility index (Phi) is 4.39. The molecule has 2 atom stereocenters. The molecule has 0 amide bonds. The molecule has 118 valence electrons. The smallest absolute Gasteiger partial charge is 0.0734 e. The van der Waals surface area contributed by atoms with Gasteiger partial charge in [-0.1, -0.05) is 39.5 Å². The summed E-state index contributed by atoms with van der Waals surface area (Å²) in [5.41, 5.74) is 0.540. The summed E-state index contributed by atoms with van der Waals surface area (Å²) < 4.78 is 2.15. The van der Waals surface area contributed by atoms with Crippen molar-refractivity contribution in [2.45, 2.75) is 83.3 Å². The summed E-state index contributed by atoms with van der Waals surface area (Å²) in [4.78, 5) is 0. The molecule has 2 aliphatic rings. The number of aromatic nitrogens is 2. The number of aliphatic hydroxyl groups is 1. The highest BCUT2D eigenvalue weighted by atomic mass is 16.3. The van der Waals surface area contributed by atoms with Crippen LogP contribution in [0.3, 0.4) is 0 Å². The fourth-order valence-corrected chi connectivity index (χ4v) is 4.58. The van der Waals surface area contributed by atoms with Crippen LogP contribution < -0.4 is 0 Å². The summed E-state index contributed by atoms with van der Waals surface area (Å²) in [7, 11) is 0. The molecule has 0 saturated heterocycles. The van der Waals surface area contributed by atoms with E-state index in [4.69, 9.17) is 5.10 Å². The molecule has 2 aliphatic carbocycles. The molecule has 2 unspecified atom stereocenters. The van der Waals surface area contributed by atoms with Crippen LogP contribution in [0, 0.1) is 11.8 Å². The molecule has 3 rings (SSSR count). The maximum Gasteiger partial charge on any atom is 0.0734 e. The lowest BCUT2D eigenvalue weighted by atomic mass is 9.68. The van der Waals surface area contributed by atoms with Crippen LogP contribution >= 0.6 is 0 Å². The molecule has 2 saturated carbocycles. The minimum absolute atomic E-state index is 0.419. The summed E-state index contributed by atoms with van der Waals surface area (Å²) in [6.07, 6.45) is 12.6. The van der Waals surface area contributed by atoms with E-state index in [1.165, 1.54) is 32.1 Å². The number of nitrogens with zero attached hydrogens (tertiary/aromatic N) is 2. The molecule has 1 aromatic rings. The highest BCUT2D eigenvalue weighted by Crippen LogP contribution is 2.40. The first-order valence-corrected chi connectivity index (χ1v) is 8.85. The van der Waals surface area contributed by atoms with Crippen LogP contribution in [0.4, 0.5) is 0 Å². The molecule has 1 aromatic heterocycles. The molecule has 2 fully saturated rings. The molecule has 1 heterocycles. The zero-order chi connectivity index (χ0) is 14.9. The van der Waals surface area contributed by atoms with Gasteiger partial charge >= 0.3 is 0 Å². The van der Waals surface area contributed by atoms with E-state index in [9.17, 15) is 5.11 Å². The molecule has 0 aromatic carbocycles. The van der Waals surface area contributed by atoms with Crippen LogP contribution in [-0.4, -0.2) is 20.5 Å². The van der Waals surface area contributed by atoms with E-state index < -0.39 is 5.60 Å². The van der Waals surface area contributed by atoms with Gasteiger partial charge in [0.25, 0.3) is 0 Å². The van der Waals surface area contributed by atoms with E-state index in [0.29, 0.717) is 17.9 Å². The van der Waals surface area contributed by atoms with E-state index in [2.05, 4.69) is 30.8 Å². The maximum atomic E-state index is 11.2. The maximum absolute atomic E-state index is 11.2. The van der Waals surface area contributed by atoms with E-state index >= 15 is 0 Å². The van der Waals surface area contributed by atoms with Crippen LogP contribution in [0.2, 0.25) is 0 Å². The van der Waals surface area contributed by atoms with Crippen molar-refractivity contribution in [3.05, 3.63) is 18.0 Å². The van der Waals surface area contributed by atoms with Gasteiger partial charge in [-0.15, -0.1) is 0 Å². The van der Waals surface area contributed by atoms with Crippen LogP contribution in [0.5, 0.6) is 0 Å². The summed E-state index contributed by atoms with van der Waals surface area (Å²) in [6, 6.07) is 2.73. The van der Waals surface area contributed by atoms with E-state index in [1.54, 1.807) is 0 Å². The normalized spacial score (nSPS) is 31.1. The van der Waals surface area contributed by atoms with Crippen molar-refractivity contribution in [3.8, 4) is 0 Å². The zero-order valence-electron chi connectivity index (χ0n) is 13.6. The Hall–Kier alpha value is -0.830. The van der Waals surface area contributed by atoms with Crippen LogP contribution in [0.1, 0.15) is 76.9 Å². The van der Waals surface area contributed by atoms with E-state index in [0.717, 1.165) is 31.4 Å². The van der Waals surface area contributed by atoms with Gasteiger partial charge in [0.1, 0.15) is 0 Å². The largest absolute Gasteiger partial charge is 0.389 e. The predicted octanol–water partition coefficient (Wildman–Crippen LogP) is 4.12. The van der Waals surface area contributed by atoms with Gasteiger partial charge in [-0.2, -0.15) is 5.10 Å². The Morgan fingerprint density at radius 2 is 1.95 bits per heavy atom. The van der Waals surface area contributed by atoms with Gasteiger partial charge in [0.2, 0.25) is 0 Å². The van der Waals surface area contributed by atoms with Crippen molar-refractivity contribution >= 4 is 0 Å². The topological polar surface area (TPSA) is 38.0 Å². The fourth-order valence-electron chi connectivity index (χ4n) is 4.58. The van der Waals surface area contributed by atoms with Gasteiger partial charge < -0.3 is 5.11 Å². The molecule has 21 heavy (non-hydrogen) atoms. The second kappa shape index (κ2) is 6.12. The highest BCUT2D eigenvalue weighted by molar-refractivity contribution is 5.07. The quantitative estimate of drug-likeness (QED) is 0.906. The SMILES string of the molecule is CC(C)C1CCCCC1(O)Cc1ccn(C2CCCC2)n1. The van der Waals surface area contributed by atoms with Gasteiger partial charge in [0, 0.05) is 12.6 Å². The predicted molar refractivity (Wildman–Crippen MR) is 85.2 cm³/mol. The van der Waals surface area contributed by atoms with Crippen LogP contribution in [-0.2, 0) is 6.42 Å². The Balaban J connectivity index is 1.72. The molecular formula is C18H30N2O. The Bertz CT molecular complexity index is 462. The lowest BCUT2D eigenvalue weighted by Gasteiger charge is -2.42. The zero-order valence-corrected chi connectivity index (χ0v) is 13.6. The monoisotopic (exact) mass is 290 g/mol. The van der Waals surface area contributed by atoms with Crippen molar-refractivity contribution in [2.24, 2.45) is 11.8 Å². The van der Waals surface area contributed by atoms with E-state index in [1.807, 2.05) is 0 Å². The van der Waals surface area contributed by atoms with Crippen molar-refractivity contribution < 1.29 is 5.11 Å². The molecule has 0 radical (unpaired) electrons. The summed E-state index contributed by atoms with van der Waals surface area (Å²) in [5.74, 6) is 0.968. The summed E-state index contributed by atoms with van der Waals surface area (Å²) in [6.45, 7) is 4.50. The minimum Gasteiger partial charge on any atom is -0.389 e. The van der Waals surface area contributed by atoms with E-state index in [-0.39, 0.29) is 0 Å². The molecule has 3 heteroatoms. The Labute approximate surface area is 128 Å².